The Labute approximate surface area is 354 Å². The van der Waals surface area contributed by atoms with E-state index >= 15 is 0 Å². The van der Waals surface area contributed by atoms with E-state index in [0.29, 0.717) is 84.4 Å². The van der Waals surface area contributed by atoms with Crippen molar-refractivity contribution in [2.75, 3.05) is 42.2 Å². The van der Waals surface area contributed by atoms with E-state index in [0.717, 1.165) is 36.0 Å². The molecule has 1 fully saturated rings. The number of likely N-dealkylation sites (tertiary alicyclic amines) is 1. The predicted octanol–water partition coefficient (Wildman–Crippen LogP) is 8.67. The van der Waals surface area contributed by atoms with Crippen LogP contribution in [0.5, 0.6) is 5.75 Å². The van der Waals surface area contributed by atoms with Gasteiger partial charge in [0, 0.05) is 67.1 Å². The zero-order valence-electron chi connectivity index (χ0n) is 34.2. The van der Waals surface area contributed by atoms with Gasteiger partial charge in [-0.1, -0.05) is 79.2 Å². The molecule has 5 aromatic carbocycles. The highest BCUT2D eigenvalue weighted by molar-refractivity contribution is 6.05. The highest BCUT2D eigenvalue weighted by Gasteiger charge is 2.24. The molecule has 1 aliphatic heterocycles. The first-order chi connectivity index (χ1) is 29.6. The van der Waals surface area contributed by atoms with E-state index in [1.54, 1.807) is 42.3 Å². The van der Waals surface area contributed by atoms with Gasteiger partial charge in [-0.2, -0.15) is 0 Å². The van der Waals surface area contributed by atoms with Gasteiger partial charge in [0.1, 0.15) is 11.9 Å². The fraction of sp³-hybridized carbons (Fsp3) is 0.265. The number of para-hydroxylation sites is 1. The summed E-state index contributed by atoms with van der Waals surface area (Å²) in [5.41, 5.74) is 6.10. The number of aliphatic hydroxyl groups is 1. The number of carbonyl (C=O) groups excluding carboxylic acids is 3. The average Bonchev–Trinajstić information content (AvgIpc) is 3.28. The SMILES string of the molecule is CN(C(=O)CCN1CCC(OC(=O)Nc2ccccc2-c2ccccc2)CC1)c1cccc(C(=O)Nc2ccc(CCCC[C@H](O)c3ccc(O)c4[nH]c(=O)ccc34)cc2)c1. The Balaban J connectivity index is 0.815. The van der Waals surface area contributed by atoms with Gasteiger partial charge in [-0.3, -0.25) is 19.7 Å². The number of nitrogens with zero attached hydrogens (tertiary/aromatic N) is 2. The first-order valence-corrected chi connectivity index (χ1v) is 20.8. The van der Waals surface area contributed by atoms with Crippen molar-refractivity contribution in [1.82, 2.24) is 9.88 Å². The zero-order chi connectivity index (χ0) is 42.7. The second kappa shape index (κ2) is 20.0. The number of pyridine rings is 1. The average molecular weight is 822 g/mol. The van der Waals surface area contributed by atoms with Crippen molar-refractivity contribution in [3.8, 4) is 16.9 Å². The van der Waals surface area contributed by atoms with Crippen LogP contribution in [0.1, 0.15) is 66.1 Å². The van der Waals surface area contributed by atoms with Crippen LogP contribution >= 0.6 is 0 Å². The van der Waals surface area contributed by atoms with Crippen molar-refractivity contribution in [3.05, 3.63) is 154 Å². The van der Waals surface area contributed by atoms with E-state index in [1.807, 2.05) is 84.9 Å². The van der Waals surface area contributed by atoms with Crippen LogP contribution in [-0.2, 0) is 16.0 Å². The van der Waals surface area contributed by atoms with Crippen molar-refractivity contribution < 1.29 is 29.3 Å². The largest absolute Gasteiger partial charge is 0.506 e. The number of fused-ring (bicyclic) bond motifs is 1. The lowest BCUT2D eigenvalue weighted by molar-refractivity contribution is -0.118. The molecule has 0 unspecified atom stereocenters. The number of phenolic OH excluding ortho intramolecular Hbond substituents is 1. The normalized spacial score (nSPS) is 13.7. The molecule has 6 aromatic rings. The number of aromatic amines is 1. The molecule has 0 bridgehead atoms. The molecule has 1 aliphatic rings. The molecule has 12 nitrogen and oxygen atoms in total. The third kappa shape index (κ3) is 11.1. The summed E-state index contributed by atoms with van der Waals surface area (Å²) in [6, 6.07) is 38.4. The molecule has 0 aliphatic carbocycles. The summed E-state index contributed by atoms with van der Waals surface area (Å²) in [5.74, 6) is -0.384. The van der Waals surface area contributed by atoms with Crippen molar-refractivity contribution in [1.29, 1.82) is 0 Å². The molecule has 0 saturated carbocycles. The molecule has 7 rings (SSSR count). The summed E-state index contributed by atoms with van der Waals surface area (Å²) in [6.07, 6.45) is 3.16. The van der Waals surface area contributed by atoms with Crippen molar-refractivity contribution >= 4 is 45.9 Å². The molecule has 61 heavy (non-hydrogen) atoms. The van der Waals surface area contributed by atoms with Crippen LogP contribution in [0.4, 0.5) is 21.9 Å². The van der Waals surface area contributed by atoms with Crippen LogP contribution in [0.15, 0.2) is 132 Å². The van der Waals surface area contributed by atoms with E-state index in [4.69, 9.17) is 4.74 Å². The number of carbonyl (C=O) groups is 3. The number of amides is 3. The van der Waals surface area contributed by atoms with E-state index in [9.17, 15) is 29.4 Å². The van der Waals surface area contributed by atoms with Gasteiger partial charge in [0.05, 0.1) is 17.3 Å². The van der Waals surface area contributed by atoms with E-state index < -0.39 is 12.2 Å². The highest BCUT2D eigenvalue weighted by atomic mass is 16.6. The predicted molar refractivity (Wildman–Crippen MR) is 239 cm³/mol. The summed E-state index contributed by atoms with van der Waals surface area (Å²) >= 11 is 0. The number of unbranched alkanes of at least 4 members (excludes halogenated alkanes) is 1. The first kappa shape index (κ1) is 42.4. The number of phenols is 1. The van der Waals surface area contributed by atoms with E-state index in [2.05, 4.69) is 20.5 Å². The van der Waals surface area contributed by atoms with E-state index in [1.165, 1.54) is 12.1 Å². The number of benzene rings is 5. The van der Waals surface area contributed by atoms with Gasteiger partial charge in [-0.05, 0) is 97.3 Å². The second-order valence-electron chi connectivity index (χ2n) is 15.4. The summed E-state index contributed by atoms with van der Waals surface area (Å²) in [7, 11) is 1.71. The molecule has 3 amide bonds. The van der Waals surface area contributed by atoms with Gasteiger partial charge in [-0.25, -0.2) is 4.79 Å². The molecule has 2 heterocycles. The third-order valence-electron chi connectivity index (χ3n) is 11.2. The van der Waals surface area contributed by atoms with Crippen LogP contribution in [0.2, 0.25) is 0 Å². The lowest BCUT2D eigenvalue weighted by atomic mass is 9.97. The number of nitrogens with one attached hydrogen (secondary N) is 3. The number of rotatable bonds is 15. The smallest absolute Gasteiger partial charge is 0.411 e. The fourth-order valence-corrected chi connectivity index (χ4v) is 7.75. The maximum atomic E-state index is 13.3. The topological polar surface area (TPSA) is 164 Å². The third-order valence-corrected chi connectivity index (χ3v) is 11.2. The van der Waals surface area contributed by atoms with Gasteiger partial charge in [0.25, 0.3) is 5.91 Å². The molecule has 5 N–H and O–H groups in total. The number of ether oxygens (including phenoxy) is 1. The molecule has 1 atom stereocenters. The number of hydrogen-bond donors (Lipinski definition) is 5. The Morgan fingerprint density at radius 3 is 2.39 bits per heavy atom. The van der Waals surface area contributed by atoms with Gasteiger partial charge in [0.2, 0.25) is 11.5 Å². The van der Waals surface area contributed by atoms with Gasteiger partial charge >= 0.3 is 6.09 Å². The maximum absolute atomic E-state index is 13.3. The molecular weight excluding hydrogens is 771 g/mol. The minimum atomic E-state index is -0.739. The number of anilines is 3. The molecule has 1 saturated heterocycles. The van der Waals surface area contributed by atoms with Gasteiger partial charge < -0.3 is 35.1 Å². The van der Waals surface area contributed by atoms with Crippen LogP contribution in [0.25, 0.3) is 22.0 Å². The summed E-state index contributed by atoms with van der Waals surface area (Å²) in [5, 5.41) is 27.5. The summed E-state index contributed by atoms with van der Waals surface area (Å²) in [4.78, 5) is 57.5. The Morgan fingerprint density at radius 2 is 1.61 bits per heavy atom. The van der Waals surface area contributed by atoms with E-state index in [-0.39, 0.29) is 29.2 Å². The number of H-pyrrole nitrogens is 1. The van der Waals surface area contributed by atoms with Crippen molar-refractivity contribution in [2.24, 2.45) is 0 Å². The minimum Gasteiger partial charge on any atom is -0.506 e. The number of aryl methyl sites for hydroxylation is 1. The number of piperidine rings is 1. The Hall–Kier alpha value is -6.76. The summed E-state index contributed by atoms with van der Waals surface area (Å²) < 4.78 is 5.78. The molecule has 1 aromatic heterocycles. The molecule has 0 radical (unpaired) electrons. The lowest BCUT2D eigenvalue weighted by Crippen LogP contribution is -2.40. The standard InChI is InChI=1S/C49H51N5O7/c1-53(46(58)28-31-54-29-26-38(27-30-54)61-49(60)51-42-16-7-6-15-39(42)34-11-3-2-4-12-34)37-14-9-13-35(32-37)48(59)50-36-20-18-33(19-21-36)10-5-8-17-43(55)40-22-24-44(56)47-41(40)23-25-45(57)52-47/h2-4,6-7,9,11-16,18-25,32,38,43,55-56H,5,8,10,17,26-31H2,1H3,(H,50,59)(H,51,60)(H,52,57)/t43-/m0/s1. The maximum Gasteiger partial charge on any atom is 0.411 e. The summed E-state index contributed by atoms with van der Waals surface area (Å²) in [6.45, 7) is 2.00. The minimum absolute atomic E-state index is 0.0357. The Morgan fingerprint density at radius 1 is 0.852 bits per heavy atom. The highest BCUT2D eigenvalue weighted by Crippen LogP contribution is 2.32. The van der Waals surface area contributed by atoms with Crippen LogP contribution in [0.3, 0.4) is 0 Å². The number of aliphatic hydroxyl groups excluding tert-OH is 1. The number of aromatic nitrogens is 1. The fourth-order valence-electron chi connectivity index (χ4n) is 7.75. The van der Waals surface area contributed by atoms with Gasteiger partial charge in [-0.15, -0.1) is 0 Å². The molecular formula is C49H51N5O7. The number of aromatic hydroxyl groups is 1. The van der Waals surface area contributed by atoms with Gasteiger partial charge in [0.15, 0.2) is 0 Å². The van der Waals surface area contributed by atoms with Crippen molar-refractivity contribution in [3.63, 3.8) is 0 Å². The molecule has 0 spiro atoms. The quantitative estimate of drug-likeness (QED) is 0.0643. The molecule has 314 valence electrons. The first-order valence-electron chi connectivity index (χ1n) is 20.8. The van der Waals surface area contributed by atoms with Crippen LogP contribution in [0, 0.1) is 0 Å². The van der Waals surface area contributed by atoms with Crippen molar-refractivity contribution in [2.45, 2.75) is 57.2 Å². The van der Waals surface area contributed by atoms with Crippen LogP contribution in [-0.4, -0.2) is 70.8 Å². The Kier molecular flexibility index (Phi) is 13.9. The second-order valence-corrected chi connectivity index (χ2v) is 15.4. The lowest BCUT2D eigenvalue weighted by Gasteiger charge is -2.31. The van der Waals surface area contributed by atoms with Crippen LogP contribution < -0.4 is 21.1 Å². The zero-order valence-corrected chi connectivity index (χ0v) is 34.2. The number of hydrogen-bond acceptors (Lipinski definition) is 8. The Bertz CT molecular complexity index is 2520. The molecule has 12 heteroatoms. The monoisotopic (exact) mass is 821 g/mol.